The van der Waals surface area contributed by atoms with Gasteiger partial charge < -0.3 is 21.7 Å². The number of piperidine rings is 1. The average Bonchev–Trinajstić information content (AvgIpc) is 2.41. The SMILES string of the molecule is CN1CCC(C)(CNc2ccc(N)cc2C(N)=O)CC1. The smallest absolute Gasteiger partial charge is 0.250 e. The maximum Gasteiger partial charge on any atom is 0.250 e. The van der Waals surface area contributed by atoms with E-state index in [1.165, 1.54) is 0 Å². The summed E-state index contributed by atoms with van der Waals surface area (Å²) in [5.74, 6) is -0.451. The molecule has 1 fully saturated rings. The molecule has 5 N–H and O–H groups in total. The van der Waals surface area contributed by atoms with Crippen LogP contribution in [0.3, 0.4) is 0 Å². The Labute approximate surface area is 120 Å². The number of carbonyl (C=O) groups excluding carboxylic acids is 1. The number of primary amides is 1. The highest BCUT2D eigenvalue weighted by atomic mass is 16.1. The number of carbonyl (C=O) groups is 1. The summed E-state index contributed by atoms with van der Waals surface area (Å²) >= 11 is 0. The fourth-order valence-electron chi connectivity index (χ4n) is 2.56. The first-order valence-corrected chi connectivity index (χ1v) is 7.01. The first-order valence-electron chi connectivity index (χ1n) is 7.01. The van der Waals surface area contributed by atoms with Gasteiger partial charge in [0.25, 0.3) is 5.91 Å². The fraction of sp³-hybridized carbons (Fsp3) is 0.533. The van der Waals surface area contributed by atoms with E-state index in [4.69, 9.17) is 11.5 Å². The van der Waals surface area contributed by atoms with E-state index in [0.29, 0.717) is 11.3 Å². The van der Waals surface area contributed by atoms with Crippen molar-refractivity contribution in [2.45, 2.75) is 19.8 Å². The number of anilines is 2. The zero-order valence-electron chi connectivity index (χ0n) is 12.3. The van der Waals surface area contributed by atoms with Crippen LogP contribution >= 0.6 is 0 Å². The third-order valence-electron chi connectivity index (χ3n) is 4.21. The number of hydrogen-bond acceptors (Lipinski definition) is 4. The molecule has 0 aliphatic carbocycles. The third kappa shape index (κ3) is 3.42. The van der Waals surface area contributed by atoms with Crippen LogP contribution in [0.2, 0.25) is 0 Å². The van der Waals surface area contributed by atoms with E-state index in [9.17, 15) is 4.79 Å². The van der Waals surface area contributed by atoms with E-state index in [-0.39, 0.29) is 5.41 Å². The molecule has 1 aliphatic heterocycles. The van der Waals surface area contributed by atoms with Crippen LogP contribution in [-0.2, 0) is 0 Å². The van der Waals surface area contributed by atoms with Crippen LogP contribution < -0.4 is 16.8 Å². The van der Waals surface area contributed by atoms with Gasteiger partial charge in [0, 0.05) is 17.9 Å². The normalized spacial score (nSPS) is 18.7. The number of nitrogens with zero attached hydrogens (tertiary/aromatic N) is 1. The summed E-state index contributed by atoms with van der Waals surface area (Å²) in [6.45, 7) is 5.35. The Morgan fingerprint density at radius 3 is 2.65 bits per heavy atom. The lowest BCUT2D eigenvalue weighted by molar-refractivity contribution is 0.100. The van der Waals surface area contributed by atoms with E-state index in [0.717, 1.165) is 38.2 Å². The molecular weight excluding hydrogens is 252 g/mol. The van der Waals surface area contributed by atoms with Crippen LogP contribution in [0.5, 0.6) is 0 Å². The molecule has 1 amide bonds. The Kier molecular flexibility index (Phi) is 4.18. The second-order valence-corrected chi connectivity index (χ2v) is 6.14. The average molecular weight is 276 g/mol. The maximum absolute atomic E-state index is 11.5. The zero-order valence-corrected chi connectivity index (χ0v) is 12.3. The number of rotatable bonds is 4. The summed E-state index contributed by atoms with van der Waals surface area (Å²) in [5, 5.41) is 3.37. The largest absolute Gasteiger partial charge is 0.399 e. The first kappa shape index (κ1) is 14.7. The summed E-state index contributed by atoms with van der Waals surface area (Å²) in [6, 6.07) is 5.24. The third-order valence-corrected chi connectivity index (χ3v) is 4.21. The molecule has 1 aromatic carbocycles. The van der Waals surface area contributed by atoms with Gasteiger partial charge in [-0.25, -0.2) is 0 Å². The Morgan fingerprint density at radius 1 is 1.40 bits per heavy atom. The van der Waals surface area contributed by atoms with E-state index < -0.39 is 5.91 Å². The number of nitrogens with one attached hydrogen (secondary N) is 1. The summed E-state index contributed by atoms with van der Waals surface area (Å²) in [6.07, 6.45) is 2.30. The zero-order chi connectivity index (χ0) is 14.8. The molecule has 110 valence electrons. The Morgan fingerprint density at radius 2 is 2.05 bits per heavy atom. The number of hydrogen-bond donors (Lipinski definition) is 3. The van der Waals surface area contributed by atoms with E-state index >= 15 is 0 Å². The summed E-state index contributed by atoms with van der Waals surface area (Å²) in [7, 11) is 2.15. The Bertz CT molecular complexity index is 493. The number of amides is 1. The van der Waals surface area contributed by atoms with Crippen molar-refractivity contribution in [3.63, 3.8) is 0 Å². The molecule has 20 heavy (non-hydrogen) atoms. The van der Waals surface area contributed by atoms with Gasteiger partial charge in [-0.15, -0.1) is 0 Å². The summed E-state index contributed by atoms with van der Waals surface area (Å²) < 4.78 is 0. The van der Waals surface area contributed by atoms with Gasteiger partial charge in [-0.1, -0.05) is 6.92 Å². The van der Waals surface area contributed by atoms with Gasteiger partial charge >= 0.3 is 0 Å². The molecule has 1 aromatic rings. The molecule has 1 aliphatic rings. The molecule has 5 nitrogen and oxygen atoms in total. The maximum atomic E-state index is 11.5. The molecule has 0 radical (unpaired) electrons. The van der Waals surface area contributed by atoms with Crippen molar-refractivity contribution in [2.75, 3.05) is 37.7 Å². The van der Waals surface area contributed by atoms with Crippen LogP contribution in [0.25, 0.3) is 0 Å². The molecule has 0 saturated carbocycles. The minimum absolute atomic E-state index is 0.253. The van der Waals surface area contributed by atoms with Gasteiger partial charge in [0.15, 0.2) is 0 Å². The van der Waals surface area contributed by atoms with E-state index in [1.807, 2.05) is 6.07 Å². The highest BCUT2D eigenvalue weighted by molar-refractivity contribution is 5.99. The van der Waals surface area contributed by atoms with Crippen LogP contribution in [-0.4, -0.2) is 37.5 Å². The standard InChI is InChI=1S/C15H24N4O/c1-15(5-7-19(2)8-6-15)10-18-13-4-3-11(16)9-12(13)14(17)20/h3-4,9,18H,5-8,10,16H2,1-2H3,(H2,17,20). The highest BCUT2D eigenvalue weighted by Crippen LogP contribution is 2.31. The van der Waals surface area contributed by atoms with Crippen molar-refractivity contribution in [2.24, 2.45) is 11.1 Å². The quantitative estimate of drug-likeness (QED) is 0.728. The van der Waals surface area contributed by atoms with Crippen molar-refractivity contribution in [3.05, 3.63) is 23.8 Å². The minimum Gasteiger partial charge on any atom is -0.399 e. The molecule has 1 heterocycles. The number of nitrogen functional groups attached to an aromatic ring is 1. The number of nitrogens with two attached hydrogens (primary N) is 2. The van der Waals surface area contributed by atoms with Gasteiger partial charge in [-0.2, -0.15) is 0 Å². The first-order chi connectivity index (χ1) is 9.39. The van der Waals surface area contributed by atoms with Crippen LogP contribution in [0.4, 0.5) is 11.4 Å². The minimum atomic E-state index is -0.451. The lowest BCUT2D eigenvalue weighted by atomic mass is 9.80. The van der Waals surface area contributed by atoms with Gasteiger partial charge in [0.1, 0.15) is 0 Å². The molecule has 0 atom stereocenters. The van der Waals surface area contributed by atoms with E-state index in [2.05, 4.69) is 24.2 Å². The molecule has 0 spiro atoms. The highest BCUT2D eigenvalue weighted by Gasteiger charge is 2.28. The molecule has 0 unspecified atom stereocenters. The van der Waals surface area contributed by atoms with E-state index in [1.54, 1.807) is 12.1 Å². The van der Waals surface area contributed by atoms with Crippen LogP contribution in [0.1, 0.15) is 30.1 Å². The summed E-state index contributed by atoms with van der Waals surface area (Å²) in [4.78, 5) is 13.8. The molecule has 0 aromatic heterocycles. The van der Waals surface area contributed by atoms with Gasteiger partial charge in [-0.05, 0) is 56.6 Å². The predicted octanol–water partition coefficient (Wildman–Crippen LogP) is 1.51. The second kappa shape index (κ2) is 5.71. The lowest BCUT2D eigenvalue weighted by Crippen LogP contribution is -2.40. The number of benzene rings is 1. The molecule has 5 heteroatoms. The van der Waals surface area contributed by atoms with Crippen molar-refractivity contribution < 1.29 is 4.79 Å². The van der Waals surface area contributed by atoms with Gasteiger partial charge in [-0.3, -0.25) is 4.79 Å². The topological polar surface area (TPSA) is 84.4 Å². The number of likely N-dealkylation sites (tertiary alicyclic amines) is 1. The van der Waals surface area contributed by atoms with Crippen molar-refractivity contribution >= 4 is 17.3 Å². The molecule has 0 bridgehead atoms. The molecular formula is C15H24N4O. The summed E-state index contributed by atoms with van der Waals surface area (Å²) in [5.41, 5.74) is 13.1. The molecule has 1 saturated heterocycles. The van der Waals surface area contributed by atoms with Crippen molar-refractivity contribution in [1.29, 1.82) is 0 Å². The van der Waals surface area contributed by atoms with Crippen molar-refractivity contribution in [1.82, 2.24) is 4.90 Å². The molecule has 2 rings (SSSR count). The van der Waals surface area contributed by atoms with Gasteiger partial charge in [0.05, 0.1) is 5.56 Å². The predicted molar refractivity (Wildman–Crippen MR) is 82.7 cm³/mol. The van der Waals surface area contributed by atoms with Gasteiger partial charge in [0.2, 0.25) is 0 Å². The Balaban J connectivity index is 2.05. The second-order valence-electron chi connectivity index (χ2n) is 6.14. The fourth-order valence-corrected chi connectivity index (χ4v) is 2.56. The Hall–Kier alpha value is -1.75. The van der Waals surface area contributed by atoms with Crippen molar-refractivity contribution in [3.8, 4) is 0 Å². The lowest BCUT2D eigenvalue weighted by Gasteiger charge is -2.38. The van der Waals surface area contributed by atoms with Crippen LogP contribution in [0, 0.1) is 5.41 Å². The monoisotopic (exact) mass is 276 g/mol. The van der Waals surface area contributed by atoms with Crippen LogP contribution in [0.15, 0.2) is 18.2 Å².